The van der Waals surface area contributed by atoms with E-state index < -0.39 is 35.1 Å². The summed E-state index contributed by atoms with van der Waals surface area (Å²) >= 11 is 0. The number of benzene rings is 2. The number of halogens is 1. The van der Waals surface area contributed by atoms with E-state index in [9.17, 15) is 18.2 Å². The molecule has 0 spiro atoms. The standard InChI is InChI=1S/C17H16FNO4S/c1-2-24(22)15-9-4-3-8-14(15)17(21)23-11-16(20)19-13-7-5-6-12(18)10-13/h3-10H,2,11H2,1H3,(H,19,20)/t24-/m0/s1. The van der Waals surface area contributed by atoms with Crippen LogP contribution in [0.5, 0.6) is 0 Å². The predicted octanol–water partition coefficient (Wildman–Crippen LogP) is 2.75. The minimum absolute atomic E-state index is 0.163. The molecule has 2 rings (SSSR count). The zero-order chi connectivity index (χ0) is 17.5. The first kappa shape index (κ1) is 17.8. The maximum Gasteiger partial charge on any atom is 0.339 e. The van der Waals surface area contributed by atoms with Crippen LogP contribution in [0.2, 0.25) is 0 Å². The van der Waals surface area contributed by atoms with Crippen molar-refractivity contribution in [3.63, 3.8) is 0 Å². The lowest BCUT2D eigenvalue weighted by atomic mass is 10.2. The van der Waals surface area contributed by atoms with Crippen LogP contribution in [-0.2, 0) is 20.3 Å². The Morgan fingerprint density at radius 2 is 1.92 bits per heavy atom. The van der Waals surface area contributed by atoms with Gasteiger partial charge in [-0.3, -0.25) is 9.00 Å². The van der Waals surface area contributed by atoms with Gasteiger partial charge in [-0.25, -0.2) is 9.18 Å². The van der Waals surface area contributed by atoms with Crippen molar-refractivity contribution in [2.24, 2.45) is 0 Å². The minimum atomic E-state index is -1.31. The Bertz CT molecular complexity index is 779. The summed E-state index contributed by atoms with van der Waals surface area (Å²) in [7, 11) is -1.31. The summed E-state index contributed by atoms with van der Waals surface area (Å²) < 4.78 is 29.9. The second kappa shape index (κ2) is 8.35. The molecule has 1 amide bonds. The fourth-order valence-electron chi connectivity index (χ4n) is 1.96. The number of nitrogens with one attached hydrogen (secondary N) is 1. The lowest BCUT2D eigenvalue weighted by Crippen LogP contribution is -2.21. The molecule has 0 fully saturated rings. The number of amides is 1. The molecule has 0 aliphatic rings. The average Bonchev–Trinajstić information content (AvgIpc) is 2.59. The van der Waals surface area contributed by atoms with Gasteiger partial charge in [0.05, 0.1) is 21.3 Å². The van der Waals surface area contributed by atoms with Crippen LogP contribution >= 0.6 is 0 Å². The summed E-state index contributed by atoms with van der Waals surface area (Å²) in [6, 6.07) is 11.8. The van der Waals surface area contributed by atoms with Crippen molar-refractivity contribution in [2.75, 3.05) is 17.7 Å². The molecule has 0 heterocycles. The van der Waals surface area contributed by atoms with Crippen LogP contribution in [0.25, 0.3) is 0 Å². The third-order valence-corrected chi connectivity index (χ3v) is 4.43. The Kier molecular flexibility index (Phi) is 6.20. The first-order chi connectivity index (χ1) is 11.5. The molecule has 0 aliphatic heterocycles. The third kappa shape index (κ3) is 4.73. The Balaban J connectivity index is 1.98. The van der Waals surface area contributed by atoms with E-state index in [1.54, 1.807) is 25.1 Å². The molecule has 1 atom stereocenters. The third-order valence-electron chi connectivity index (χ3n) is 3.06. The van der Waals surface area contributed by atoms with Crippen molar-refractivity contribution in [1.29, 1.82) is 0 Å². The highest BCUT2D eigenvalue weighted by molar-refractivity contribution is 7.85. The molecule has 7 heteroatoms. The number of ether oxygens (including phenoxy) is 1. The highest BCUT2D eigenvalue weighted by atomic mass is 32.2. The Hall–Kier alpha value is -2.54. The van der Waals surface area contributed by atoms with Crippen LogP contribution in [-0.4, -0.2) is 28.4 Å². The molecule has 0 aromatic heterocycles. The number of rotatable bonds is 6. The summed E-state index contributed by atoms with van der Waals surface area (Å²) in [4.78, 5) is 24.2. The second-order valence-corrected chi connectivity index (χ2v) is 6.47. The van der Waals surface area contributed by atoms with E-state index in [1.165, 1.54) is 24.3 Å². The number of anilines is 1. The van der Waals surface area contributed by atoms with E-state index in [0.29, 0.717) is 10.6 Å². The molecule has 2 aromatic carbocycles. The fourth-order valence-corrected chi connectivity index (χ4v) is 2.90. The topological polar surface area (TPSA) is 72.5 Å². The molecule has 0 saturated heterocycles. The Labute approximate surface area is 141 Å². The Morgan fingerprint density at radius 3 is 2.62 bits per heavy atom. The van der Waals surface area contributed by atoms with Crippen molar-refractivity contribution in [2.45, 2.75) is 11.8 Å². The van der Waals surface area contributed by atoms with Crippen LogP contribution in [0.4, 0.5) is 10.1 Å². The molecule has 2 aromatic rings. The van der Waals surface area contributed by atoms with Gasteiger partial charge in [-0.15, -0.1) is 0 Å². The van der Waals surface area contributed by atoms with E-state index in [1.807, 2.05) is 0 Å². The molecule has 5 nitrogen and oxygen atoms in total. The maximum atomic E-state index is 13.0. The van der Waals surface area contributed by atoms with Crippen LogP contribution in [0.3, 0.4) is 0 Å². The number of carbonyl (C=O) groups excluding carboxylic acids is 2. The molecule has 24 heavy (non-hydrogen) atoms. The molecule has 126 valence electrons. The summed E-state index contributed by atoms with van der Waals surface area (Å²) in [5.41, 5.74) is 0.430. The smallest absolute Gasteiger partial charge is 0.339 e. The van der Waals surface area contributed by atoms with Crippen LogP contribution < -0.4 is 5.32 Å². The van der Waals surface area contributed by atoms with E-state index in [4.69, 9.17) is 4.74 Å². The number of hydrogen-bond donors (Lipinski definition) is 1. The van der Waals surface area contributed by atoms with E-state index in [2.05, 4.69) is 5.32 Å². The van der Waals surface area contributed by atoms with Gasteiger partial charge in [0.2, 0.25) is 0 Å². The summed E-state index contributed by atoms with van der Waals surface area (Å²) in [5.74, 6) is -1.45. The highest BCUT2D eigenvalue weighted by Gasteiger charge is 2.17. The molecular weight excluding hydrogens is 333 g/mol. The van der Waals surface area contributed by atoms with Crippen molar-refractivity contribution in [3.8, 4) is 0 Å². The summed E-state index contributed by atoms with van der Waals surface area (Å²) in [6.07, 6.45) is 0. The second-order valence-electron chi connectivity index (χ2n) is 4.77. The Morgan fingerprint density at radius 1 is 1.17 bits per heavy atom. The first-order valence-electron chi connectivity index (χ1n) is 7.21. The molecule has 0 bridgehead atoms. The van der Waals surface area contributed by atoms with Crippen molar-refractivity contribution < 1.29 is 22.9 Å². The van der Waals surface area contributed by atoms with Crippen molar-refractivity contribution in [3.05, 3.63) is 59.9 Å². The molecule has 0 radical (unpaired) electrons. The van der Waals surface area contributed by atoms with Gasteiger partial charge in [-0.05, 0) is 30.3 Å². The molecule has 0 unspecified atom stereocenters. The van der Waals surface area contributed by atoms with Crippen LogP contribution in [0.15, 0.2) is 53.4 Å². The number of hydrogen-bond acceptors (Lipinski definition) is 4. The molecular formula is C17H16FNO4S. The highest BCUT2D eigenvalue weighted by Crippen LogP contribution is 2.15. The van der Waals surface area contributed by atoms with Gasteiger partial charge in [0.15, 0.2) is 6.61 Å². The van der Waals surface area contributed by atoms with Crippen LogP contribution in [0, 0.1) is 5.82 Å². The molecule has 1 N–H and O–H groups in total. The van der Waals surface area contributed by atoms with Gasteiger partial charge in [0, 0.05) is 11.4 Å². The first-order valence-corrected chi connectivity index (χ1v) is 8.53. The zero-order valence-corrected chi connectivity index (χ0v) is 13.8. The summed E-state index contributed by atoms with van der Waals surface area (Å²) in [6.45, 7) is 1.22. The summed E-state index contributed by atoms with van der Waals surface area (Å²) in [5, 5.41) is 2.42. The lowest BCUT2D eigenvalue weighted by molar-refractivity contribution is -0.119. The maximum absolute atomic E-state index is 13.0. The lowest BCUT2D eigenvalue weighted by Gasteiger charge is -2.09. The van der Waals surface area contributed by atoms with Gasteiger partial charge >= 0.3 is 5.97 Å². The molecule has 0 aliphatic carbocycles. The van der Waals surface area contributed by atoms with Gasteiger partial charge in [-0.2, -0.15) is 0 Å². The van der Waals surface area contributed by atoms with Gasteiger partial charge in [-0.1, -0.05) is 25.1 Å². The van der Waals surface area contributed by atoms with Crippen molar-refractivity contribution >= 4 is 28.4 Å². The zero-order valence-electron chi connectivity index (χ0n) is 13.0. The monoisotopic (exact) mass is 349 g/mol. The SMILES string of the molecule is CC[S@](=O)c1ccccc1C(=O)OCC(=O)Nc1cccc(F)c1. The van der Waals surface area contributed by atoms with Crippen LogP contribution in [0.1, 0.15) is 17.3 Å². The van der Waals surface area contributed by atoms with Crippen molar-refractivity contribution in [1.82, 2.24) is 0 Å². The van der Waals surface area contributed by atoms with Gasteiger partial charge in [0.1, 0.15) is 5.82 Å². The normalized spacial score (nSPS) is 11.6. The predicted molar refractivity (Wildman–Crippen MR) is 88.7 cm³/mol. The van der Waals surface area contributed by atoms with E-state index >= 15 is 0 Å². The minimum Gasteiger partial charge on any atom is -0.452 e. The number of esters is 1. The average molecular weight is 349 g/mol. The molecule has 0 saturated carbocycles. The van der Waals surface area contributed by atoms with E-state index in [0.717, 1.165) is 6.07 Å². The number of carbonyl (C=O) groups is 2. The van der Waals surface area contributed by atoms with Gasteiger partial charge in [0.25, 0.3) is 5.91 Å². The quantitative estimate of drug-likeness (QED) is 0.814. The largest absolute Gasteiger partial charge is 0.452 e. The van der Waals surface area contributed by atoms with Gasteiger partial charge < -0.3 is 10.1 Å². The van der Waals surface area contributed by atoms with E-state index in [-0.39, 0.29) is 11.3 Å². The fraction of sp³-hybridized carbons (Fsp3) is 0.176.